The van der Waals surface area contributed by atoms with Gasteiger partial charge in [0.25, 0.3) is 0 Å². The average Bonchev–Trinajstić information content (AvgIpc) is 2.47. The van der Waals surface area contributed by atoms with Crippen LogP contribution in [0.1, 0.15) is 51.0 Å². The van der Waals surface area contributed by atoms with Crippen LogP contribution in [-0.2, 0) is 0 Å². The Labute approximate surface area is 130 Å². The minimum Gasteiger partial charge on any atom is -0.389 e. The van der Waals surface area contributed by atoms with Crippen molar-refractivity contribution in [3.8, 4) is 0 Å². The number of halogens is 2. The van der Waals surface area contributed by atoms with Gasteiger partial charge >= 0.3 is 0 Å². The minimum absolute atomic E-state index is 0.00123. The fourth-order valence-electron chi connectivity index (χ4n) is 3.13. The molecule has 1 unspecified atom stereocenters. The molecule has 0 spiro atoms. The zero-order valence-corrected chi connectivity index (χ0v) is 13.1. The molecule has 1 aliphatic carbocycles. The Morgan fingerprint density at radius 3 is 2.33 bits per heavy atom. The SMILES string of the molecule is CCC(Nc1c(F)cc(C(N)=S)cc1F)C1CCCCC1. The molecule has 0 amide bonds. The van der Waals surface area contributed by atoms with Crippen LogP contribution in [0.4, 0.5) is 14.5 Å². The molecular weight excluding hydrogens is 290 g/mol. The highest BCUT2D eigenvalue weighted by atomic mass is 32.1. The second-order valence-corrected chi connectivity index (χ2v) is 6.18. The highest BCUT2D eigenvalue weighted by molar-refractivity contribution is 7.80. The smallest absolute Gasteiger partial charge is 0.150 e. The van der Waals surface area contributed by atoms with E-state index in [1.54, 1.807) is 0 Å². The van der Waals surface area contributed by atoms with E-state index in [-0.39, 0.29) is 22.3 Å². The van der Waals surface area contributed by atoms with E-state index in [4.69, 9.17) is 18.0 Å². The van der Waals surface area contributed by atoms with Crippen molar-refractivity contribution in [3.05, 3.63) is 29.3 Å². The number of hydrogen-bond donors (Lipinski definition) is 2. The second kappa shape index (κ2) is 7.16. The highest BCUT2D eigenvalue weighted by Gasteiger charge is 2.24. The van der Waals surface area contributed by atoms with Crippen LogP contribution in [0.25, 0.3) is 0 Å². The molecule has 1 fully saturated rings. The third kappa shape index (κ3) is 3.90. The molecule has 0 saturated heterocycles. The zero-order chi connectivity index (χ0) is 15.4. The Balaban J connectivity index is 2.18. The van der Waals surface area contributed by atoms with Gasteiger partial charge in [0.05, 0.1) is 0 Å². The second-order valence-electron chi connectivity index (χ2n) is 5.74. The fourth-order valence-corrected chi connectivity index (χ4v) is 3.25. The lowest BCUT2D eigenvalue weighted by molar-refractivity contribution is 0.312. The van der Waals surface area contributed by atoms with Crippen LogP contribution in [0, 0.1) is 17.6 Å². The van der Waals surface area contributed by atoms with Gasteiger partial charge in [0.15, 0.2) is 0 Å². The molecule has 2 rings (SSSR count). The molecule has 0 bridgehead atoms. The summed E-state index contributed by atoms with van der Waals surface area (Å²) in [5.74, 6) is -0.781. The summed E-state index contributed by atoms with van der Waals surface area (Å²) in [5, 5.41) is 3.07. The Kier molecular flexibility index (Phi) is 5.51. The van der Waals surface area contributed by atoms with Crippen LogP contribution in [-0.4, -0.2) is 11.0 Å². The van der Waals surface area contributed by atoms with Crippen LogP contribution in [0.15, 0.2) is 12.1 Å². The maximum Gasteiger partial charge on any atom is 0.150 e. The van der Waals surface area contributed by atoms with Gasteiger partial charge < -0.3 is 11.1 Å². The normalized spacial score (nSPS) is 17.5. The Morgan fingerprint density at radius 2 is 1.86 bits per heavy atom. The quantitative estimate of drug-likeness (QED) is 0.793. The maximum atomic E-state index is 14.1. The summed E-state index contributed by atoms with van der Waals surface area (Å²) >= 11 is 4.76. The van der Waals surface area contributed by atoms with Crippen molar-refractivity contribution in [3.63, 3.8) is 0 Å². The van der Waals surface area contributed by atoms with Crippen molar-refractivity contribution in [2.24, 2.45) is 11.7 Å². The predicted molar refractivity (Wildman–Crippen MR) is 86.5 cm³/mol. The van der Waals surface area contributed by atoms with Crippen molar-refractivity contribution in [1.29, 1.82) is 0 Å². The summed E-state index contributed by atoms with van der Waals surface area (Å²) in [6.07, 6.45) is 6.76. The molecule has 0 aliphatic heterocycles. The number of hydrogen-bond acceptors (Lipinski definition) is 2. The van der Waals surface area contributed by atoms with Crippen molar-refractivity contribution >= 4 is 22.9 Å². The zero-order valence-electron chi connectivity index (χ0n) is 12.3. The van der Waals surface area contributed by atoms with Gasteiger partial charge in [-0.05, 0) is 37.3 Å². The molecular formula is C16H22F2N2S. The van der Waals surface area contributed by atoms with Gasteiger partial charge in [-0.3, -0.25) is 0 Å². The fraction of sp³-hybridized carbons (Fsp3) is 0.562. The monoisotopic (exact) mass is 312 g/mol. The maximum absolute atomic E-state index is 14.1. The van der Waals surface area contributed by atoms with Crippen molar-refractivity contribution in [1.82, 2.24) is 0 Å². The summed E-state index contributed by atoms with van der Waals surface area (Å²) in [6.45, 7) is 2.05. The molecule has 0 radical (unpaired) electrons. The summed E-state index contributed by atoms with van der Waals surface area (Å²) in [6, 6.07) is 2.49. The van der Waals surface area contributed by atoms with E-state index in [1.165, 1.54) is 31.4 Å². The number of benzene rings is 1. The molecule has 1 aromatic rings. The van der Waals surface area contributed by atoms with Crippen molar-refractivity contribution in [2.45, 2.75) is 51.5 Å². The van der Waals surface area contributed by atoms with Gasteiger partial charge in [-0.15, -0.1) is 0 Å². The van der Waals surface area contributed by atoms with Gasteiger partial charge in [0, 0.05) is 11.6 Å². The van der Waals surface area contributed by atoms with E-state index in [2.05, 4.69) is 5.32 Å². The van der Waals surface area contributed by atoms with E-state index >= 15 is 0 Å². The van der Waals surface area contributed by atoms with Crippen LogP contribution < -0.4 is 11.1 Å². The number of rotatable bonds is 5. The molecule has 1 aliphatic rings. The van der Waals surface area contributed by atoms with Crippen LogP contribution in [0.3, 0.4) is 0 Å². The number of nitrogens with one attached hydrogen (secondary N) is 1. The topological polar surface area (TPSA) is 38.0 Å². The molecule has 2 nitrogen and oxygen atoms in total. The van der Waals surface area contributed by atoms with Gasteiger partial charge in [-0.2, -0.15) is 0 Å². The van der Waals surface area contributed by atoms with E-state index in [1.807, 2.05) is 6.92 Å². The minimum atomic E-state index is -0.632. The summed E-state index contributed by atoms with van der Waals surface area (Å²) in [7, 11) is 0. The van der Waals surface area contributed by atoms with Gasteiger partial charge in [0.2, 0.25) is 0 Å². The highest BCUT2D eigenvalue weighted by Crippen LogP contribution is 2.31. The van der Waals surface area contributed by atoms with Crippen LogP contribution >= 0.6 is 12.2 Å². The first-order valence-corrected chi connectivity index (χ1v) is 7.99. The van der Waals surface area contributed by atoms with E-state index in [0.717, 1.165) is 19.3 Å². The first kappa shape index (κ1) is 16.1. The van der Waals surface area contributed by atoms with E-state index in [0.29, 0.717) is 5.92 Å². The van der Waals surface area contributed by atoms with Gasteiger partial charge in [-0.25, -0.2) is 8.78 Å². The summed E-state index contributed by atoms with van der Waals surface area (Å²) < 4.78 is 28.2. The third-order valence-electron chi connectivity index (χ3n) is 4.32. The standard InChI is InChI=1S/C16H22F2N2S/c1-2-14(10-6-4-3-5-7-10)20-15-12(17)8-11(16(19)21)9-13(15)18/h8-10,14,20H,2-7H2,1H3,(H2,19,21). The predicted octanol–water partition coefficient (Wildman–Crippen LogP) is 4.37. The average molecular weight is 312 g/mol. The van der Waals surface area contributed by atoms with Gasteiger partial charge in [-0.1, -0.05) is 38.4 Å². The van der Waals surface area contributed by atoms with Crippen LogP contribution in [0.2, 0.25) is 0 Å². The Morgan fingerprint density at radius 1 is 1.29 bits per heavy atom. The molecule has 5 heteroatoms. The molecule has 1 saturated carbocycles. The molecule has 0 heterocycles. The number of thiocarbonyl (C=S) groups is 1. The lowest BCUT2D eigenvalue weighted by atomic mass is 9.83. The van der Waals surface area contributed by atoms with E-state index in [9.17, 15) is 8.78 Å². The number of anilines is 1. The Bertz CT molecular complexity index is 490. The number of nitrogens with two attached hydrogens (primary N) is 1. The van der Waals surface area contributed by atoms with Gasteiger partial charge in [0.1, 0.15) is 22.3 Å². The van der Waals surface area contributed by atoms with Crippen molar-refractivity contribution < 1.29 is 8.78 Å². The molecule has 21 heavy (non-hydrogen) atoms. The largest absolute Gasteiger partial charge is 0.389 e. The summed E-state index contributed by atoms with van der Waals surface area (Å²) in [4.78, 5) is -0.00123. The van der Waals surface area contributed by atoms with Crippen molar-refractivity contribution in [2.75, 3.05) is 5.32 Å². The molecule has 1 atom stereocenters. The lowest BCUT2D eigenvalue weighted by Gasteiger charge is -2.31. The third-order valence-corrected chi connectivity index (χ3v) is 4.55. The lowest BCUT2D eigenvalue weighted by Crippen LogP contribution is -2.31. The summed E-state index contributed by atoms with van der Waals surface area (Å²) in [5.41, 5.74) is 5.58. The molecule has 0 aromatic heterocycles. The van der Waals surface area contributed by atoms with E-state index < -0.39 is 11.6 Å². The van der Waals surface area contributed by atoms with Crippen LogP contribution in [0.5, 0.6) is 0 Å². The first-order chi connectivity index (χ1) is 10.0. The molecule has 1 aromatic carbocycles. The molecule has 3 N–H and O–H groups in total. The first-order valence-electron chi connectivity index (χ1n) is 7.58. The molecule has 116 valence electrons. The Hall–Kier alpha value is -1.23.